The van der Waals surface area contributed by atoms with Gasteiger partial charge >= 0.3 is 12.1 Å². The number of carbonyl (C=O) groups is 3. The van der Waals surface area contributed by atoms with Gasteiger partial charge in [0.1, 0.15) is 12.3 Å². The molecule has 3 heterocycles. The highest BCUT2D eigenvalue weighted by molar-refractivity contribution is 7.10. The number of carbonyl (C=O) groups excluding carboxylic acids is 3. The molecule has 4 amide bonds. The lowest BCUT2D eigenvalue weighted by Crippen LogP contribution is -2.45. The molecule has 0 aliphatic carbocycles. The van der Waals surface area contributed by atoms with Crippen molar-refractivity contribution in [2.75, 3.05) is 18.5 Å². The van der Waals surface area contributed by atoms with Crippen LogP contribution in [-0.4, -0.2) is 41.3 Å². The second-order valence-electron chi connectivity index (χ2n) is 4.79. The fraction of sp³-hybridized carbons (Fsp3) is 0.214. The minimum atomic E-state index is -0.741. The highest BCUT2D eigenvalue weighted by Crippen LogP contribution is 2.19. The highest BCUT2D eigenvalue weighted by atomic mass is 32.1. The van der Waals surface area contributed by atoms with Crippen molar-refractivity contribution in [3.63, 3.8) is 0 Å². The van der Waals surface area contributed by atoms with Crippen LogP contribution in [0.2, 0.25) is 0 Å². The molecule has 7 nitrogen and oxygen atoms in total. The van der Waals surface area contributed by atoms with E-state index in [-0.39, 0.29) is 6.54 Å². The number of thiophene rings is 2. The number of anilines is 1. The molecule has 0 bridgehead atoms. The summed E-state index contributed by atoms with van der Waals surface area (Å²) in [5.41, 5.74) is 3.76. The van der Waals surface area contributed by atoms with Crippen molar-refractivity contribution < 1.29 is 14.4 Å². The fourth-order valence-electron chi connectivity index (χ4n) is 2.16. The molecule has 0 aromatic carbocycles. The SMILES string of the molecule is O=CC(NC(=O)N1CCN(Nc2ccsc2)C1=O)c1cccs1. The zero-order valence-corrected chi connectivity index (χ0v) is 13.6. The van der Waals surface area contributed by atoms with Crippen molar-refractivity contribution in [3.05, 3.63) is 39.2 Å². The van der Waals surface area contributed by atoms with Gasteiger partial charge in [0.2, 0.25) is 0 Å². The van der Waals surface area contributed by atoms with Crippen LogP contribution in [0.5, 0.6) is 0 Å². The van der Waals surface area contributed by atoms with Crippen LogP contribution in [0, 0.1) is 0 Å². The molecule has 0 spiro atoms. The van der Waals surface area contributed by atoms with Gasteiger partial charge < -0.3 is 10.1 Å². The van der Waals surface area contributed by atoms with E-state index in [1.807, 2.05) is 22.2 Å². The molecule has 1 aliphatic heterocycles. The van der Waals surface area contributed by atoms with E-state index in [2.05, 4.69) is 10.7 Å². The van der Waals surface area contributed by atoms with Gasteiger partial charge in [-0.05, 0) is 22.9 Å². The normalized spacial score (nSPS) is 15.6. The van der Waals surface area contributed by atoms with Gasteiger partial charge in [-0.3, -0.25) is 5.43 Å². The van der Waals surface area contributed by atoms with E-state index in [0.29, 0.717) is 12.8 Å². The fourth-order valence-corrected chi connectivity index (χ4v) is 3.48. The average molecular weight is 350 g/mol. The van der Waals surface area contributed by atoms with Crippen LogP contribution in [0.1, 0.15) is 10.9 Å². The molecule has 120 valence electrons. The molecule has 1 atom stereocenters. The summed E-state index contributed by atoms with van der Waals surface area (Å²) in [5.74, 6) is 0. The maximum atomic E-state index is 12.3. The Kier molecular flexibility index (Phi) is 4.58. The minimum absolute atomic E-state index is 0.262. The number of nitrogens with zero attached hydrogens (tertiary/aromatic N) is 2. The zero-order valence-electron chi connectivity index (χ0n) is 12.0. The van der Waals surface area contributed by atoms with Gasteiger partial charge in [0.05, 0.1) is 18.8 Å². The van der Waals surface area contributed by atoms with E-state index in [4.69, 9.17) is 0 Å². The Labute approximate surface area is 140 Å². The Morgan fingerprint density at radius 2 is 2.17 bits per heavy atom. The van der Waals surface area contributed by atoms with Crippen LogP contribution in [0.4, 0.5) is 15.3 Å². The summed E-state index contributed by atoms with van der Waals surface area (Å²) in [4.78, 5) is 37.5. The molecular weight excluding hydrogens is 336 g/mol. The average Bonchev–Trinajstić information content (AvgIpc) is 3.28. The highest BCUT2D eigenvalue weighted by Gasteiger charge is 2.34. The number of rotatable bonds is 5. The second kappa shape index (κ2) is 6.80. The zero-order chi connectivity index (χ0) is 16.2. The summed E-state index contributed by atoms with van der Waals surface area (Å²) in [6.45, 7) is 0.644. The number of hydrogen-bond donors (Lipinski definition) is 2. The summed E-state index contributed by atoms with van der Waals surface area (Å²) in [6, 6.07) is 3.66. The smallest absolute Gasteiger partial charge is 0.323 e. The molecule has 9 heteroatoms. The molecule has 2 aromatic heterocycles. The number of urea groups is 2. The van der Waals surface area contributed by atoms with Gasteiger partial charge in [0, 0.05) is 10.3 Å². The van der Waals surface area contributed by atoms with Gasteiger partial charge in [-0.2, -0.15) is 11.3 Å². The van der Waals surface area contributed by atoms with Crippen molar-refractivity contribution in [2.24, 2.45) is 0 Å². The molecule has 0 saturated carbocycles. The van der Waals surface area contributed by atoms with Crippen molar-refractivity contribution in [2.45, 2.75) is 6.04 Å². The van der Waals surface area contributed by atoms with Gasteiger partial charge in [-0.15, -0.1) is 11.3 Å². The van der Waals surface area contributed by atoms with Crippen LogP contribution in [0.3, 0.4) is 0 Å². The monoisotopic (exact) mass is 350 g/mol. The maximum Gasteiger partial charge on any atom is 0.346 e. The third-order valence-corrected chi connectivity index (χ3v) is 4.94. The molecule has 2 aromatic rings. The second-order valence-corrected chi connectivity index (χ2v) is 6.55. The lowest BCUT2D eigenvalue weighted by atomic mass is 10.3. The van der Waals surface area contributed by atoms with Crippen molar-refractivity contribution in [3.8, 4) is 0 Å². The number of amides is 4. The first-order chi connectivity index (χ1) is 11.2. The van der Waals surface area contributed by atoms with E-state index in [1.54, 1.807) is 12.1 Å². The van der Waals surface area contributed by atoms with E-state index in [9.17, 15) is 14.4 Å². The summed E-state index contributed by atoms with van der Waals surface area (Å²) >= 11 is 2.88. The quantitative estimate of drug-likeness (QED) is 0.812. The molecule has 3 rings (SSSR count). The lowest BCUT2D eigenvalue weighted by Gasteiger charge is -2.20. The maximum absolute atomic E-state index is 12.3. The van der Waals surface area contributed by atoms with E-state index in [0.717, 1.165) is 15.5 Å². The predicted octanol–water partition coefficient (Wildman–Crippen LogP) is 2.52. The molecule has 2 N–H and O–H groups in total. The molecule has 1 saturated heterocycles. The Morgan fingerprint density at radius 1 is 1.30 bits per heavy atom. The summed E-state index contributed by atoms with van der Waals surface area (Å²) in [7, 11) is 0. The van der Waals surface area contributed by atoms with Crippen molar-refractivity contribution in [1.82, 2.24) is 15.2 Å². The van der Waals surface area contributed by atoms with Gasteiger partial charge in [0.25, 0.3) is 0 Å². The Bertz CT molecular complexity index is 687. The lowest BCUT2D eigenvalue weighted by molar-refractivity contribution is -0.109. The van der Waals surface area contributed by atoms with Crippen molar-refractivity contribution in [1.29, 1.82) is 0 Å². The summed E-state index contributed by atoms with van der Waals surface area (Å²) in [6.07, 6.45) is 0.658. The molecule has 23 heavy (non-hydrogen) atoms. The van der Waals surface area contributed by atoms with Crippen LogP contribution in [0.25, 0.3) is 0 Å². The summed E-state index contributed by atoms with van der Waals surface area (Å²) < 4.78 is 0. The first kappa shape index (κ1) is 15.5. The number of hydrazine groups is 1. The minimum Gasteiger partial charge on any atom is -0.323 e. The first-order valence-corrected chi connectivity index (χ1v) is 8.68. The number of hydrogen-bond acceptors (Lipinski definition) is 6. The van der Waals surface area contributed by atoms with Crippen molar-refractivity contribution >= 4 is 46.7 Å². The molecule has 0 radical (unpaired) electrons. The largest absolute Gasteiger partial charge is 0.346 e. The first-order valence-electron chi connectivity index (χ1n) is 6.86. The Balaban J connectivity index is 1.62. The third-order valence-electron chi connectivity index (χ3n) is 3.30. The van der Waals surface area contributed by atoms with Crippen LogP contribution >= 0.6 is 22.7 Å². The third kappa shape index (κ3) is 3.35. The Morgan fingerprint density at radius 3 is 2.83 bits per heavy atom. The van der Waals surface area contributed by atoms with Gasteiger partial charge in [0.15, 0.2) is 0 Å². The molecule has 1 fully saturated rings. The van der Waals surface area contributed by atoms with E-state index in [1.165, 1.54) is 27.7 Å². The Hall–Kier alpha value is -2.39. The van der Waals surface area contributed by atoms with E-state index >= 15 is 0 Å². The number of imide groups is 1. The summed E-state index contributed by atoms with van der Waals surface area (Å²) in [5, 5.41) is 9.54. The predicted molar refractivity (Wildman–Crippen MR) is 88.4 cm³/mol. The van der Waals surface area contributed by atoms with Gasteiger partial charge in [-0.1, -0.05) is 6.07 Å². The molecular formula is C14H14N4O3S2. The number of nitrogens with one attached hydrogen (secondary N) is 2. The van der Waals surface area contributed by atoms with Crippen LogP contribution < -0.4 is 10.7 Å². The number of aldehydes is 1. The standard InChI is InChI=1S/C14H14N4O3S2/c19-8-11(12-2-1-6-23-12)15-13(20)17-4-5-18(14(17)21)16-10-3-7-22-9-10/h1-3,6-9,11,16H,4-5H2,(H,15,20). The molecule has 1 unspecified atom stereocenters. The van der Waals surface area contributed by atoms with E-state index < -0.39 is 18.1 Å². The topological polar surface area (TPSA) is 81.8 Å². The van der Waals surface area contributed by atoms with Crippen LogP contribution in [-0.2, 0) is 4.79 Å². The molecule has 1 aliphatic rings. The van der Waals surface area contributed by atoms with Crippen LogP contribution in [0.15, 0.2) is 34.3 Å². The van der Waals surface area contributed by atoms with Gasteiger partial charge in [-0.25, -0.2) is 19.5 Å².